The van der Waals surface area contributed by atoms with E-state index < -0.39 is 0 Å². The molecule has 0 radical (unpaired) electrons. The van der Waals surface area contributed by atoms with Gasteiger partial charge in [0.25, 0.3) is 0 Å². The number of nitrogens with one attached hydrogen (secondary N) is 1. The summed E-state index contributed by atoms with van der Waals surface area (Å²) in [6.45, 7) is 3.28. The Morgan fingerprint density at radius 1 is 0.778 bits per heavy atom. The molecule has 0 aliphatic heterocycles. The largest absolute Gasteiger partial charge is 0.314 e. The number of hydrogen-bond donors (Lipinski definition) is 1. The standard InChI is InChI=1S/C26H29N/c1-22(19-20-23-12-5-2-6-13-23)27-21-11-18-26(24-14-7-3-8-15-24)25-16-9-4-10-17-25/h2-10,12-18,22,27H,11,19-21H2,1H3. The minimum atomic E-state index is 0.524. The van der Waals surface area contributed by atoms with Crippen LogP contribution in [0.25, 0.3) is 5.57 Å². The van der Waals surface area contributed by atoms with Gasteiger partial charge in [-0.25, -0.2) is 0 Å². The van der Waals surface area contributed by atoms with E-state index in [-0.39, 0.29) is 0 Å². The molecule has 0 amide bonds. The Labute approximate surface area is 163 Å². The number of benzene rings is 3. The van der Waals surface area contributed by atoms with Crippen LogP contribution in [0.15, 0.2) is 97.1 Å². The molecule has 1 N–H and O–H groups in total. The van der Waals surface area contributed by atoms with E-state index in [2.05, 4.69) is 109 Å². The molecule has 3 aromatic rings. The highest BCUT2D eigenvalue weighted by Gasteiger charge is 2.05. The normalized spacial score (nSPS) is 11.7. The number of aryl methyl sites for hydroxylation is 1. The number of hydrogen-bond acceptors (Lipinski definition) is 1. The molecule has 0 aliphatic carbocycles. The molecule has 0 spiro atoms. The molecule has 0 heterocycles. The van der Waals surface area contributed by atoms with Crippen molar-refractivity contribution < 1.29 is 0 Å². The van der Waals surface area contributed by atoms with Crippen molar-refractivity contribution in [3.63, 3.8) is 0 Å². The molecule has 1 heteroatoms. The first-order chi connectivity index (χ1) is 13.3. The minimum absolute atomic E-state index is 0.524. The Morgan fingerprint density at radius 2 is 1.30 bits per heavy atom. The first-order valence-corrected chi connectivity index (χ1v) is 9.91. The molecule has 3 rings (SSSR count). The van der Waals surface area contributed by atoms with Crippen molar-refractivity contribution >= 4 is 5.57 Å². The third kappa shape index (κ3) is 6.23. The molecule has 0 saturated heterocycles. The fourth-order valence-corrected chi connectivity index (χ4v) is 3.31. The Morgan fingerprint density at radius 3 is 1.85 bits per heavy atom. The molecule has 1 atom stereocenters. The van der Waals surface area contributed by atoms with Gasteiger partial charge in [0, 0.05) is 6.04 Å². The summed E-state index contributed by atoms with van der Waals surface area (Å²) in [7, 11) is 0. The summed E-state index contributed by atoms with van der Waals surface area (Å²) in [5, 5.41) is 3.67. The molecule has 0 bridgehead atoms. The van der Waals surface area contributed by atoms with Gasteiger partial charge in [-0.1, -0.05) is 97.1 Å². The van der Waals surface area contributed by atoms with E-state index >= 15 is 0 Å². The Balaban J connectivity index is 1.54. The van der Waals surface area contributed by atoms with Gasteiger partial charge in [0.15, 0.2) is 0 Å². The van der Waals surface area contributed by atoms with Gasteiger partial charge in [-0.3, -0.25) is 0 Å². The zero-order chi connectivity index (χ0) is 18.7. The van der Waals surface area contributed by atoms with Crippen molar-refractivity contribution in [2.45, 2.75) is 32.2 Å². The van der Waals surface area contributed by atoms with Crippen molar-refractivity contribution in [2.75, 3.05) is 6.54 Å². The molecular weight excluding hydrogens is 326 g/mol. The van der Waals surface area contributed by atoms with Gasteiger partial charge >= 0.3 is 0 Å². The summed E-state index contributed by atoms with van der Waals surface area (Å²) >= 11 is 0. The van der Waals surface area contributed by atoms with Crippen molar-refractivity contribution in [3.8, 4) is 0 Å². The van der Waals surface area contributed by atoms with Gasteiger partial charge in [-0.15, -0.1) is 0 Å². The molecule has 0 aliphatic rings. The third-order valence-electron chi connectivity index (χ3n) is 4.86. The predicted molar refractivity (Wildman–Crippen MR) is 117 cm³/mol. The zero-order valence-corrected chi connectivity index (χ0v) is 16.1. The van der Waals surface area contributed by atoms with Crippen LogP contribution in [-0.2, 0) is 6.42 Å². The lowest BCUT2D eigenvalue weighted by molar-refractivity contribution is 0.520. The summed E-state index contributed by atoms with van der Waals surface area (Å²) in [4.78, 5) is 0. The molecule has 27 heavy (non-hydrogen) atoms. The van der Waals surface area contributed by atoms with E-state index in [0.29, 0.717) is 6.04 Å². The average molecular weight is 356 g/mol. The minimum Gasteiger partial charge on any atom is -0.314 e. The van der Waals surface area contributed by atoms with Crippen LogP contribution in [0, 0.1) is 0 Å². The molecule has 138 valence electrons. The summed E-state index contributed by atoms with van der Waals surface area (Å²) in [5.41, 5.74) is 5.29. The summed E-state index contributed by atoms with van der Waals surface area (Å²) in [6.07, 6.45) is 5.68. The van der Waals surface area contributed by atoms with Gasteiger partial charge in [-0.2, -0.15) is 0 Å². The fraction of sp³-hybridized carbons (Fsp3) is 0.231. The molecule has 1 nitrogen and oxygen atoms in total. The second kappa shape index (κ2) is 10.5. The van der Waals surface area contributed by atoms with Crippen LogP contribution >= 0.6 is 0 Å². The van der Waals surface area contributed by atoms with E-state index in [1.54, 1.807) is 0 Å². The Bertz CT molecular complexity index is 765. The SMILES string of the molecule is CC(CCc1ccccc1)NCCC=C(c1ccccc1)c1ccccc1. The van der Waals surface area contributed by atoms with Crippen LogP contribution in [0.1, 0.15) is 36.5 Å². The van der Waals surface area contributed by atoms with Crippen molar-refractivity contribution in [1.82, 2.24) is 5.32 Å². The highest BCUT2D eigenvalue weighted by atomic mass is 14.9. The molecule has 0 fully saturated rings. The van der Waals surface area contributed by atoms with E-state index in [1.807, 2.05) is 0 Å². The molecule has 1 unspecified atom stereocenters. The van der Waals surface area contributed by atoms with E-state index in [1.165, 1.54) is 22.3 Å². The summed E-state index contributed by atoms with van der Waals surface area (Å²) < 4.78 is 0. The van der Waals surface area contributed by atoms with Gasteiger partial charge in [0.2, 0.25) is 0 Å². The van der Waals surface area contributed by atoms with Gasteiger partial charge in [0.1, 0.15) is 0 Å². The van der Waals surface area contributed by atoms with Gasteiger partial charge < -0.3 is 5.32 Å². The topological polar surface area (TPSA) is 12.0 Å². The molecule has 0 saturated carbocycles. The lowest BCUT2D eigenvalue weighted by atomic mass is 9.97. The maximum atomic E-state index is 3.67. The number of rotatable bonds is 9. The predicted octanol–water partition coefficient (Wildman–Crippen LogP) is 6.12. The molecule has 0 aromatic heterocycles. The summed E-state index contributed by atoms with van der Waals surface area (Å²) in [5.74, 6) is 0. The van der Waals surface area contributed by atoms with Crippen LogP contribution in [0.2, 0.25) is 0 Å². The Hall–Kier alpha value is -2.64. The maximum Gasteiger partial charge on any atom is 0.00420 e. The van der Waals surface area contributed by atoms with Crippen molar-refractivity contribution in [2.24, 2.45) is 0 Å². The van der Waals surface area contributed by atoms with Crippen molar-refractivity contribution in [3.05, 3.63) is 114 Å². The van der Waals surface area contributed by atoms with E-state index in [9.17, 15) is 0 Å². The second-order valence-corrected chi connectivity index (χ2v) is 7.02. The van der Waals surface area contributed by atoms with Gasteiger partial charge in [-0.05, 0) is 55.0 Å². The molecule has 3 aromatic carbocycles. The van der Waals surface area contributed by atoms with Crippen molar-refractivity contribution in [1.29, 1.82) is 0 Å². The third-order valence-corrected chi connectivity index (χ3v) is 4.86. The van der Waals surface area contributed by atoms with E-state index in [4.69, 9.17) is 0 Å². The lowest BCUT2D eigenvalue weighted by Gasteiger charge is -2.14. The highest BCUT2D eigenvalue weighted by molar-refractivity contribution is 5.79. The first kappa shape index (κ1) is 19.1. The maximum absolute atomic E-state index is 3.67. The van der Waals surface area contributed by atoms with E-state index in [0.717, 1.165) is 25.8 Å². The zero-order valence-electron chi connectivity index (χ0n) is 16.1. The fourth-order valence-electron chi connectivity index (χ4n) is 3.31. The quantitative estimate of drug-likeness (QED) is 0.456. The Kier molecular flexibility index (Phi) is 7.44. The second-order valence-electron chi connectivity index (χ2n) is 7.02. The van der Waals surface area contributed by atoms with Gasteiger partial charge in [0.05, 0.1) is 0 Å². The van der Waals surface area contributed by atoms with Crippen LogP contribution in [-0.4, -0.2) is 12.6 Å². The highest BCUT2D eigenvalue weighted by Crippen LogP contribution is 2.23. The first-order valence-electron chi connectivity index (χ1n) is 9.91. The lowest BCUT2D eigenvalue weighted by Crippen LogP contribution is -2.27. The van der Waals surface area contributed by atoms with Crippen LogP contribution in [0.3, 0.4) is 0 Å². The smallest absolute Gasteiger partial charge is 0.00420 e. The molecular formula is C26H29N. The van der Waals surface area contributed by atoms with Crippen LogP contribution < -0.4 is 5.32 Å². The average Bonchev–Trinajstić information content (AvgIpc) is 2.74. The summed E-state index contributed by atoms with van der Waals surface area (Å²) in [6, 6.07) is 32.6. The van der Waals surface area contributed by atoms with Crippen LogP contribution in [0.5, 0.6) is 0 Å². The van der Waals surface area contributed by atoms with Crippen LogP contribution in [0.4, 0.5) is 0 Å². The monoisotopic (exact) mass is 355 g/mol.